The van der Waals surface area contributed by atoms with E-state index in [1.165, 1.54) is 103 Å². The number of carboxylic acid groups (broad SMARTS) is 1. The van der Waals surface area contributed by atoms with Gasteiger partial charge in [-0.15, -0.1) is 0 Å². The largest absolute Gasteiger partial charge is 0.480 e. The molecule has 0 rings (SSSR count). The van der Waals surface area contributed by atoms with Gasteiger partial charge in [-0.25, -0.2) is 4.79 Å². The summed E-state index contributed by atoms with van der Waals surface area (Å²) < 4.78 is 5.93. The van der Waals surface area contributed by atoms with Crippen LogP contribution in [0.1, 0.15) is 213 Å². The molecule has 0 aromatic heterocycles. The highest BCUT2D eigenvalue weighted by molar-refractivity contribution is 5.87. The Labute approximate surface area is 366 Å². The number of esters is 1. The molecule has 0 aliphatic heterocycles. The van der Waals surface area contributed by atoms with E-state index in [-0.39, 0.29) is 24.5 Å². The van der Waals surface area contributed by atoms with Gasteiger partial charge in [-0.3, -0.25) is 14.4 Å². The summed E-state index contributed by atoms with van der Waals surface area (Å²) in [5, 5.41) is 22.5. The molecule has 0 aromatic rings. The summed E-state index contributed by atoms with van der Waals surface area (Å²) in [5.41, 5.74) is 0. The minimum absolute atomic E-state index is 0.102. The van der Waals surface area contributed by atoms with Crippen molar-refractivity contribution in [1.29, 1.82) is 0 Å². The molecule has 0 aliphatic carbocycles. The van der Waals surface area contributed by atoms with Crippen molar-refractivity contribution >= 4 is 23.8 Å². The molecule has 0 spiro atoms. The first kappa shape index (κ1) is 56.5. The Morgan fingerprint density at radius 2 is 0.950 bits per heavy atom. The number of carbonyl (C=O) groups is 4. The topological polar surface area (TPSA) is 142 Å². The molecular weight excluding hydrogens is 753 g/mol. The van der Waals surface area contributed by atoms with Gasteiger partial charge in [-0.2, -0.15) is 0 Å². The third kappa shape index (κ3) is 41.3. The molecule has 2 atom stereocenters. The second-order valence-corrected chi connectivity index (χ2v) is 16.2. The maximum Gasteiger partial charge on any atom is 0.328 e. The lowest BCUT2D eigenvalue weighted by Gasteiger charge is -2.15. The number of carboxylic acids is 1. The number of aliphatic hydroxyl groups is 1. The van der Waals surface area contributed by atoms with E-state index in [1.54, 1.807) is 0 Å². The van der Waals surface area contributed by atoms with E-state index in [0.29, 0.717) is 19.3 Å². The van der Waals surface area contributed by atoms with Gasteiger partial charge in [0.2, 0.25) is 11.8 Å². The molecule has 2 amide bonds. The first-order valence-electron chi connectivity index (χ1n) is 24.2. The fraction of sp³-hybridized carbons (Fsp3) is 0.725. The van der Waals surface area contributed by atoms with E-state index >= 15 is 0 Å². The summed E-state index contributed by atoms with van der Waals surface area (Å²) in [6.45, 7) is 3.43. The van der Waals surface area contributed by atoms with Crippen LogP contribution in [0.4, 0.5) is 0 Å². The van der Waals surface area contributed by atoms with Crippen LogP contribution in [0.2, 0.25) is 0 Å². The maximum absolute atomic E-state index is 12.8. The van der Waals surface area contributed by atoms with Gasteiger partial charge in [0.1, 0.15) is 12.1 Å². The molecule has 0 aromatic carbocycles. The van der Waals surface area contributed by atoms with E-state index in [1.807, 2.05) is 0 Å². The van der Waals surface area contributed by atoms with Crippen molar-refractivity contribution in [1.82, 2.24) is 10.6 Å². The zero-order chi connectivity index (χ0) is 44.0. The molecule has 60 heavy (non-hydrogen) atoms. The number of ether oxygens (including phenoxy) is 1. The van der Waals surface area contributed by atoms with Gasteiger partial charge in [0.05, 0.1) is 13.2 Å². The Balaban J connectivity index is 4.16. The van der Waals surface area contributed by atoms with Crippen LogP contribution >= 0.6 is 0 Å². The van der Waals surface area contributed by atoms with Crippen LogP contribution in [0.15, 0.2) is 60.8 Å². The Hall–Kier alpha value is -3.46. The number of nitrogens with one attached hydrogen (secondary N) is 2. The Bertz CT molecular complexity index is 1190. The summed E-state index contributed by atoms with van der Waals surface area (Å²) in [6.07, 6.45) is 55.7. The summed E-state index contributed by atoms with van der Waals surface area (Å²) in [7, 11) is 0. The lowest BCUT2D eigenvalue weighted by molar-refractivity contribution is -0.147. The Morgan fingerprint density at radius 3 is 1.48 bits per heavy atom. The number of carbonyl (C=O) groups excluding carboxylic acids is 3. The normalized spacial score (nSPS) is 13.0. The van der Waals surface area contributed by atoms with Crippen LogP contribution in [0.25, 0.3) is 0 Å². The van der Waals surface area contributed by atoms with E-state index in [4.69, 9.17) is 14.9 Å². The molecule has 2 unspecified atom stereocenters. The monoisotopic (exact) mass is 841 g/mol. The standard InChI is InChI=1S/C51H88N2O7/c1-3-5-7-9-11-13-14-15-16-17-18-19-20-21-22-23-24-25-26-27-29-35-39-43-50(57)60-46(40-36-32-28-12-10-8-6-4-2)41-37-33-30-31-34-38-42-48(55)52-44-49(56)53-47(45-54)51(58)59/h12,14-15,17-18,20-21,28,36,40,46-47,54H,3-11,13,16,19,22-27,29-35,37-39,41-45H2,1-2H3,(H,52,55)(H,53,56)(H,58,59)/b15-14-,18-17-,21-20-,28-12-,40-36-. The minimum atomic E-state index is -1.38. The molecule has 0 bridgehead atoms. The quantitative estimate of drug-likeness (QED) is 0.0272. The molecule has 344 valence electrons. The number of aliphatic carboxylic acids is 1. The van der Waals surface area contributed by atoms with Crippen molar-refractivity contribution in [3.63, 3.8) is 0 Å². The summed E-state index contributed by atoms with van der Waals surface area (Å²) in [6, 6.07) is -1.38. The molecule has 0 radical (unpaired) electrons. The van der Waals surface area contributed by atoms with Gasteiger partial charge in [0.15, 0.2) is 0 Å². The van der Waals surface area contributed by atoms with E-state index in [2.05, 4.69) is 85.2 Å². The third-order valence-corrected chi connectivity index (χ3v) is 10.5. The lowest BCUT2D eigenvalue weighted by Crippen LogP contribution is -2.47. The molecule has 0 saturated carbocycles. The van der Waals surface area contributed by atoms with E-state index in [0.717, 1.165) is 77.0 Å². The first-order valence-corrected chi connectivity index (χ1v) is 24.2. The number of rotatable bonds is 43. The number of hydrogen-bond acceptors (Lipinski definition) is 6. The SMILES string of the molecule is CCCCC/C=C\C/C=C\C(CCCCCCCCC(=O)NCC(=O)NC(CO)C(=O)O)OC(=O)CCCCCCCCCC/C=C\C/C=C\C/C=C\CCCCCCC. The predicted octanol–water partition coefficient (Wildman–Crippen LogP) is 12.5. The van der Waals surface area contributed by atoms with Crippen LogP contribution < -0.4 is 10.6 Å². The predicted molar refractivity (Wildman–Crippen MR) is 250 cm³/mol. The summed E-state index contributed by atoms with van der Waals surface area (Å²) in [5.74, 6) is -2.36. The van der Waals surface area contributed by atoms with Crippen LogP contribution in [0.3, 0.4) is 0 Å². The van der Waals surface area contributed by atoms with Gasteiger partial charge < -0.3 is 25.6 Å². The van der Waals surface area contributed by atoms with Crippen LogP contribution in [-0.4, -0.2) is 59.3 Å². The van der Waals surface area contributed by atoms with Gasteiger partial charge in [-0.05, 0) is 89.5 Å². The lowest BCUT2D eigenvalue weighted by atomic mass is 10.0. The number of aliphatic hydroxyl groups excluding tert-OH is 1. The van der Waals surface area contributed by atoms with Gasteiger partial charge in [0, 0.05) is 12.8 Å². The van der Waals surface area contributed by atoms with Crippen molar-refractivity contribution < 1.29 is 34.1 Å². The Kier molecular flexibility index (Phi) is 42.5. The molecule has 0 aliphatic rings. The molecule has 0 fully saturated rings. The second kappa shape index (κ2) is 45.1. The first-order chi connectivity index (χ1) is 29.3. The summed E-state index contributed by atoms with van der Waals surface area (Å²) >= 11 is 0. The van der Waals surface area contributed by atoms with Gasteiger partial charge in [-0.1, -0.05) is 171 Å². The van der Waals surface area contributed by atoms with Gasteiger partial charge in [0.25, 0.3) is 0 Å². The highest BCUT2D eigenvalue weighted by atomic mass is 16.5. The number of amides is 2. The molecule has 9 nitrogen and oxygen atoms in total. The van der Waals surface area contributed by atoms with Crippen molar-refractivity contribution in [2.24, 2.45) is 0 Å². The fourth-order valence-corrected chi connectivity index (χ4v) is 6.73. The average Bonchev–Trinajstić information content (AvgIpc) is 3.23. The van der Waals surface area contributed by atoms with E-state index in [9.17, 15) is 19.2 Å². The van der Waals surface area contributed by atoms with E-state index < -0.39 is 24.5 Å². The smallest absolute Gasteiger partial charge is 0.328 e. The highest BCUT2D eigenvalue weighted by Gasteiger charge is 2.18. The summed E-state index contributed by atoms with van der Waals surface area (Å²) in [4.78, 5) is 47.5. The van der Waals surface area contributed by atoms with Crippen molar-refractivity contribution in [3.8, 4) is 0 Å². The average molecular weight is 841 g/mol. The van der Waals surface area contributed by atoms with Crippen molar-refractivity contribution in [2.45, 2.75) is 225 Å². The molecule has 4 N–H and O–H groups in total. The molecular formula is C51H88N2O7. The second-order valence-electron chi connectivity index (χ2n) is 16.2. The van der Waals surface area contributed by atoms with Crippen LogP contribution in [-0.2, 0) is 23.9 Å². The fourth-order valence-electron chi connectivity index (χ4n) is 6.73. The zero-order valence-electron chi connectivity index (χ0n) is 38.2. The number of unbranched alkanes of at least 4 members (excludes halogenated alkanes) is 21. The van der Waals surface area contributed by atoms with Crippen LogP contribution in [0.5, 0.6) is 0 Å². The molecule has 0 saturated heterocycles. The number of hydrogen-bond donors (Lipinski definition) is 4. The van der Waals surface area contributed by atoms with Gasteiger partial charge >= 0.3 is 11.9 Å². The number of allylic oxidation sites excluding steroid dienone is 9. The minimum Gasteiger partial charge on any atom is -0.480 e. The van der Waals surface area contributed by atoms with Crippen molar-refractivity contribution in [2.75, 3.05) is 13.2 Å². The third-order valence-electron chi connectivity index (χ3n) is 10.5. The highest BCUT2D eigenvalue weighted by Crippen LogP contribution is 2.16. The zero-order valence-corrected chi connectivity index (χ0v) is 38.2. The van der Waals surface area contributed by atoms with Crippen LogP contribution in [0, 0.1) is 0 Å². The molecule has 9 heteroatoms. The molecule has 0 heterocycles. The van der Waals surface area contributed by atoms with Crippen molar-refractivity contribution in [3.05, 3.63) is 60.8 Å². The maximum atomic E-state index is 12.8. The Morgan fingerprint density at radius 1 is 0.517 bits per heavy atom.